The molecule has 4 nitrogen and oxygen atoms in total. The molecule has 1 aromatic rings. The van der Waals surface area contributed by atoms with Crippen molar-refractivity contribution in [1.29, 1.82) is 0 Å². The Morgan fingerprint density at radius 3 is 2.41 bits per heavy atom. The molecule has 0 saturated carbocycles. The number of ether oxygens (including phenoxy) is 1. The van der Waals surface area contributed by atoms with Crippen molar-refractivity contribution in [3.05, 3.63) is 24.3 Å². The maximum atomic E-state index is 11.2. The summed E-state index contributed by atoms with van der Waals surface area (Å²) in [7, 11) is 0. The van der Waals surface area contributed by atoms with Crippen LogP contribution in [0.4, 0.5) is 0 Å². The van der Waals surface area contributed by atoms with Gasteiger partial charge in [-0.25, -0.2) is 4.79 Å². The topological polar surface area (TPSA) is 66.8 Å². The Balaban J connectivity index is 2.79. The van der Waals surface area contributed by atoms with E-state index in [9.17, 15) is 9.90 Å². The fourth-order valence-electron chi connectivity index (χ4n) is 1.49. The van der Waals surface area contributed by atoms with E-state index in [0.29, 0.717) is 12.2 Å². The average Bonchev–Trinajstić information content (AvgIpc) is 2.29. The minimum absolute atomic E-state index is 0.128. The number of carbonyl (C=O) groups is 1. The number of benzene rings is 1. The van der Waals surface area contributed by atoms with Gasteiger partial charge in [0.15, 0.2) is 0 Å². The third-order valence-electron chi connectivity index (χ3n) is 2.64. The fraction of sp³-hybridized carbons (Fsp3) is 0.462. The van der Waals surface area contributed by atoms with Gasteiger partial charge in [0.1, 0.15) is 11.5 Å². The van der Waals surface area contributed by atoms with Gasteiger partial charge in [0, 0.05) is 0 Å². The van der Waals surface area contributed by atoms with Gasteiger partial charge >= 0.3 is 5.97 Å². The van der Waals surface area contributed by atoms with E-state index in [1.54, 1.807) is 19.1 Å². The number of rotatable bonds is 6. The van der Waals surface area contributed by atoms with Gasteiger partial charge < -0.3 is 14.9 Å². The van der Waals surface area contributed by atoms with Crippen LogP contribution in [0.3, 0.4) is 0 Å². The molecule has 0 saturated heterocycles. The largest absolute Gasteiger partial charge is 0.508 e. The summed E-state index contributed by atoms with van der Waals surface area (Å²) < 4.78 is 5.51. The van der Waals surface area contributed by atoms with Gasteiger partial charge in [-0.1, -0.05) is 13.3 Å². The quantitative estimate of drug-likeness (QED) is 0.799. The van der Waals surface area contributed by atoms with Gasteiger partial charge in [-0.05, 0) is 44.0 Å². The van der Waals surface area contributed by atoms with E-state index in [2.05, 4.69) is 0 Å². The van der Waals surface area contributed by atoms with Gasteiger partial charge in [0.2, 0.25) is 5.60 Å². The first-order valence-electron chi connectivity index (χ1n) is 5.69. The molecule has 0 radical (unpaired) electrons. The maximum Gasteiger partial charge on any atom is 0.347 e. The highest BCUT2D eigenvalue weighted by molar-refractivity contribution is 5.77. The third kappa shape index (κ3) is 3.66. The first kappa shape index (κ1) is 13.4. The highest BCUT2D eigenvalue weighted by Gasteiger charge is 2.34. The molecule has 1 aromatic carbocycles. The molecule has 0 fully saturated rings. The molecule has 17 heavy (non-hydrogen) atoms. The van der Waals surface area contributed by atoms with Gasteiger partial charge in [-0.2, -0.15) is 0 Å². The second kappa shape index (κ2) is 5.57. The molecule has 0 spiro atoms. The zero-order chi connectivity index (χ0) is 12.9. The molecule has 2 N–H and O–H groups in total. The van der Waals surface area contributed by atoms with Crippen molar-refractivity contribution in [2.24, 2.45) is 0 Å². The van der Waals surface area contributed by atoms with Crippen LogP contribution >= 0.6 is 0 Å². The van der Waals surface area contributed by atoms with Crippen molar-refractivity contribution in [3.63, 3.8) is 0 Å². The number of aromatic hydroxyl groups is 1. The summed E-state index contributed by atoms with van der Waals surface area (Å²) in [6.45, 7) is 3.57. The van der Waals surface area contributed by atoms with Crippen molar-refractivity contribution in [2.45, 2.75) is 38.7 Å². The molecule has 4 heteroatoms. The number of phenols is 1. The van der Waals surface area contributed by atoms with E-state index < -0.39 is 11.6 Å². The lowest BCUT2D eigenvalue weighted by Gasteiger charge is -2.26. The summed E-state index contributed by atoms with van der Waals surface area (Å²) >= 11 is 0. The molecule has 0 aliphatic heterocycles. The number of hydrogen-bond acceptors (Lipinski definition) is 3. The molecule has 1 rings (SSSR count). The lowest BCUT2D eigenvalue weighted by Crippen LogP contribution is -2.41. The highest BCUT2D eigenvalue weighted by Crippen LogP contribution is 2.25. The SMILES string of the molecule is CCCCC(C)(Oc1ccc(O)cc1)C(=O)O. The predicted molar refractivity (Wildman–Crippen MR) is 64.3 cm³/mol. The Hall–Kier alpha value is -1.71. The van der Waals surface area contributed by atoms with Crippen LogP contribution in [0.25, 0.3) is 0 Å². The van der Waals surface area contributed by atoms with Crippen LogP contribution in [0, 0.1) is 0 Å². The summed E-state index contributed by atoms with van der Waals surface area (Å²) in [5.74, 6) is -0.397. The maximum absolute atomic E-state index is 11.2. The summed E-state index contributed by atoms with van der Waals surface area (Å²) in [6, 6.07) is 6.06. The average molecular weight is 238 g/mol. The minimum Gasteiger partial charge on any atom is -0.508 e. The molecule has 94 valence electrons. The normalized spacial score (nSPS) is 14.0. The Kier molecular flexibility index (Phi) is 4.37. The number of carboxylic acid groups (broad SMARTS) is 1. The molecule has 1 unspecified atom stereocenters. The number of hydrogen-bond donors (Lipinski definition) is 2. The van der Waals surface area contributed by atoms with Crippen molar-refractivity contribution < 1.29 is 19.7 Å². The molecule has 0 aromatic heterocycles. The third-order valence-corrected chi connectivity index (χ3v) is 2.64. The summed E-state index contributed by atoms with van der Waals surface area (Å²) in [4.78, 5) is 11.2. The van der Waals surface area contributed by atoms with Gasteiger partial charge in [0.05, 0.1) is 0 Å². The van der Waals surface area contributed by atoms with Crippen LogP contribution in [0.2, 0.25) is 0 Å². The second-order valence-electron chi connectivity index (χ2n) is 4.24. The second-order valence-corrected chi connectivity index (χ2v) is 4.24. The number of unbranched alkanes of at least 4 members (excludes halogenated alkanes) is 1. The summed E-state index contributed by atoms with van der Waals surface area (Å²) in [6.07, 6.45) is 2.17. The van der Waals surface area contributed by atoms with Gasteiger partial charge in [-0.3, -0.25) is 0 Å². The van der Waals surface area contributed by atoms with E-state index >= 15 is 0 Å². The molecule has 0 amide bonds. The van der Waals surface area contributed by atoms with Crippen molar-refractivity contribution in [1.82, 2.24) is 0 Å². The first-order chi connectivity index (χ1) is 7.98. The zero-order valence-corrected chi connectivity index (χ0v) is 10.1. The number of phenolic OH excluding ortho intramolecular Hbond substituents is 1. The highest BCUT2D eigenvalue weighted by atomic mass is 16.5. The van der Waals surface area contributed by atoms with Crippen LogP contribution in [0.1, 0.15) is 33.1 Å². The van der Waals surface area contributed by atoms with E-state index in [4.69, 9.17) is 9.84 Å². The Morgan fingerprint density at radius 1 is 1.35 bits per heavy atom. The van der Waals surface area contributed by atoms with Crippen molar-refractivity contribution in [2.75, 3.05) is 0 Å². The molecule has 1 atom stereocenters. The van der Waals surface area contributed by atoms with Crippen LogP contribution in [-0.2, 0) is 4.79 Å². The van der Waals surface area contributed by atoms with Crippen molar-refractivity contribution >= 4 is 5.97 Å². The Bertz CT molecular complexity index is 372. The smallest absolute Gasteiger partial charge is 0.347 e. The van der Waals surface area contributed by atoms with E-state index in [-0.39, 0.29) is 5.75 Å². The fourth-order valence-corrected chi connectivity index (χ4v) is 1.49. The van der Waals surface area contributed by atoms with Crippen LogP contribution in [0.15, 0.2) is 24.3 Å². The minimum atomic E-state index is -1.22. The Morgan fingerprint density at radius 2 is 1.94 bits per heavy atom. The Labute approximate surface area is 101 Å². The zero-order valence-electron chi connectivity index (χ0n) is 10.1. The van der Waals surface area contributed by atoms with Crippen LogP contribution in [-0.4, -0.2) is 21.8 Å². The summed E-state index contributed by atoms with van der Waals surface area (Å²) in [5.41, 5.74) is -1.22. The lowest BCUT2D eigenvalue weighted by molar-refractivity contribution is -0.154. The van der Waals surface area contributed by atoms with E-state index in [1.165, 1.54) is 12.1 Å². The lowest BCUT2D eigenvalue weighted by atomic mass is 9.99. The first-order valence-corrected chi connectivity index (χ1v) is 5.69. The molecule has 0 heterocycles. The summed E-state index contributed by atoms with van der Waals surface area (Å²) in [5, 5.41) is 18.3. The number of carboxylic acids is 1. The van der Waals surface area contributed by atoms with E-state index in [0.717, 1.165) is 12.8 Å². The van der Waals surface area contributed by atoms with Crippen molar-refractivity contribution in [3.8, 4) is 11.5 Å². The standard InChI is InChI=1S/C13H18O4/c1-3-4-9-13(2,12(15)16)17-11-7-5-10(14)6-8-11/h5-8,14H,3-4,9H2,1-2H3,(H,15,16). The predicted octanol–water partition coefficient (Wildman–Crippen LogP) is 2.80. The van der Waals surface area contributed by atoms with Crippen LogP contribution < -0.4 is 4.74 Å². The van der Waals surface area contributed by atoms with E-state index in [1.807, 2.05) is 6.92 Å². The van der Waals surface area contributed by atoms with Crippen LogP contribution in [0.5, 0.6) is 11.5 Å². The molecular weight excluding hydrogens is 220 g/mol. The van der Waals surface area contributed by atoms with Gasteiger partial charge in [0.25, 0.3) is 0 Å². The molecule has 0 aliphatic carbocycles. The molecular formula is C13H18O4. The number of aliphatic carboxylic acids is 1. The molecule has 0 aliphatic rings. The van der Waals surface area contributed by atoms with Gasteiger partial charge in [-0.15, -0.1) is 0 Å². The monoisotopic (exact) mass is 238 g/mol. The molecule has 0 bridgehead atoms.